The molecule has 0 heterocycles. The molecule has 0 unspecified atom stereocenters. The van der Waals surface area contributed by atoms with E-state index in [1.54, 1.807) is 0 Å². The number of hydrogen-bond donors (Lipinski definition) is 0. The zero-order chi connectivity index (χ0) is 36.2. The van der Waals surface area contributed by atoms with Crippen LogP contribution in [-0.2, 0) is 0 Å². The van der Waals surface area contributed by atoms with E-state index in [2.05, 4.69) is 147 Å². The van der Waals surface area contributed by atoms with Crippen LogP contribution in [0.25, 0.3) is 109 Å². The Hall–Kier alpha value is -7.26. The van der Waals surface area contributed by atoms with Crippen molar-refractivity contribution in [1.29, 1.82) is 10.5 Å². The van der Waals surface area contributed by atoms with E-state index < -0.39 is 0 Å². The molecule has 11 aromatic rings. The number of rotatable bonds is 3. The molecule has 0 aliphatic heterocycles. The first-order valence-electron chi connectivity index (χ1n) is 18.4. The zero-order valence-electron chi connectivity index (χ0n) is 29.8. The Bertz CT molecular complexity index is 3430. The Balaban J connectivity index is 0.00000372. The Morgan fingerprint density at radius 3 is 1.45 bits per heavy atom. The zero-order valence-corrected chi connectivity index (χ0v) is 29.8. The molecule has 0 radical (unpaired) electrons. The van der Waals surface area contributed by atoms with Gasteiger partial charge in [0.15, 0.2) is 0 Å². The smallest absolute Gasteiger partial charge is 0.0991 e. The highest BCUT2D eigenvalue weighted by Crippen LogP contribution is 2.55. The van der Waals surface area contributed by atoms with E-state index in [1.807, 2.05) is 24.3 Å². The van der Waals surface area contributed by atoms with Gasteiger partial charge in [-0.05, 0) is 164 Å². The van der Waals surface area contributed by atoms with Crippen molar-refractivity contribution in [2.45, 2.75) is 21.3 Å². The van der Waals surface area contributed by atoms with Crippen LogP contribution < -0.4 is 0 Å². The Morgan fingerprint density at radius 1 is 0.345 bits per heavy atom. The van der Waals surface area contributed by atoms with Gasteiger partial charge in [0.1, 0.15) is 0 Å². The third-order valence-corrected chi connectivity index (χ3v) is 11.9. The van der Waals surface area contributed by atoms with Gasteiger partial charge < -0.3 is 0 Å². The first-order chi connectivity index (χ1) is 26.6. The molecule has 0 aliphatic rings. The molecule has 55 heavy (non-hydrogen) atoms. The lowest BCUT2D eigenvalue weighted by Crippen LogP contribution is -1.92. The molecule has 0 saturated carbocycles. The summed E-state index contributed by atoms with van der Waals surface area (Å²) in [5.74, 6) is 0. The minimum atomic E-state index is 0. The maximum Gasteiger partial charge on any atom is 0.0991 e. The summed E-state index contributed by atoms with van der Waals surface area (Å²) in [5.41, 5.74) is 10.8. The summed E-state index contributed by atoms with van der Waals surface area (Å²) in [4.78, 5) is 0. The van der Waals surface area contributed by atoms with E-state index in [4.69, 9.17) is 0 Å². The number of aryl methyl sites for hydroxylation is 2. The molecule has 0 spiro atoms. The van der Waals surface area contributed by atoms with Crippen LogP contribution in [0.4, 0.5) is 0 Å². The fourth-order valence-corrected chi connectivity index (χ4v) is 9.68. The van der Waals surface area contributed by atoms with Crippen LogP contribution in [-0.4, -0.2) is 0 Å². The van der Waals surface area contributed by atoms with Crippen LogP contribution >= 0.6 is 0 Å². The highest BCUT2D eigenvalue weighted by molar-refractivity contribution is 6.45. The molecule has 0 N–H and O–H groups in total. The lowest BCUT2D eigenvalue weighted by molar-refractivity contribution is 1.39. The Kier molecular flexibility index (Phi) is 7.00. The summed E-state index contributed by atoms with van der Waals surface area (Å²) in [5, 5.41) is 36.9. The molecule has 0 amide bonds. The van der Waals surface area contributed by atoms with Gasteiger partial charge >= 0.3 is 0 Å². The average molecular weight is 699 g/mol. The van der Waals surface area contributed by atoms with Gasteiger partial charge in [0.25, 0.3) is 0 Å². The molecule has 256 valence electrons. The number of fused-ring (bicyclic) bond motifs is 8. The fraction of sp³-hybridized carbons (Fsp3) is 0.0566. The maximum atomic E-state index is 9.83. The molecule has 0 saturated heterocycles. The second-order valence-electron chi connectivity index (χ2n) is 14.7. The van der Waals surface area contributed by atoms with E-state index in [9.17, 15) is 10.5 Å². The number of benzene rings is 9. The van der Waals surface area contributed by atoms with Crippen LogP contribution in [0.3, 0.4) is 0 Å². The normalized spacial score (nSPS) is 11.6. The second kappa shape index (κ2) is 11.9. The molecule has 11 aromatic carbocycles. The van der Waals surface area contributed by atoms with E-state index in [0.29, 0.717) is 11.1 Å². The third-order valence-electron chi connectivity index (χ3n) is 11.9. The van der Waals surface area contributed by atoms with Crippen molar-refractivity contribution in [3.8, 4) is 45.5 Å². The highest BCUT2D eigenvalue weighted by Gasteiger charge is 2.27. The van der Waals surface area contributed by atoms with E-state index in [0.717, 1.165) is 11.1 Å². The van der Waals surface area contributed by atoms with Gasteiger partial charge in [-0.25, -0.2) is 0 Å². The van der Waals surface area contributed by atoms with Crippen molar-refractivity contribution in [3.63, 3.8) is 0 Å². The topological polar surface area (TPSA) is 47.6 Å². The number of nitrogens with zero attached hydrogens (tertiary/aromatic N) is 2. The average Bonchev–Trinajstić information content (AvgIpc) is 3.72. The third kappa shape index (κ3) is 4.34. The lowest BCUT2D eigenvalue weighted by atomic mass is 9.83. The summed E-state index contributed by atoms with van der Waals surface area (Å²) in [7, 11) is 0. The lowest BCUT2D eigenvalue weighted by Gasteiger charge is -2.19. The van der Waals surface area contributed by atoms with Gasteiger partial charge in [-0.2, -0.15) is 10.5 Å². The largest absolute Gasteiger partial charge is 0.192 e. The summed E-state index contributed by atoms with van der Waals surface area (Å²) in [6.45, 7) is 4.41. The molecular weight excluding hydrogens is 665 g/mol. The van der Waals surface area contributed by atoms with Crippen molar-refractivity contribution in [1.82, 2.24) is 0 Å². The van der Waals surface area contributed by atoms with Crippen LogP contribution in [0.5, 0.6) is 0 Å². The van der Waals surface area contributed by atoms with Gasteiger partial charge in [-0.15, -0.1) is 0 Å². The van der Waals surface area contributed by atoms with Crippen molar-refractivity contribution in [2.24, 2.45) is 0 Å². The highest BCUT2D eigenvalue weighted by atomic mass is 14.3. The van der Waals surface area contributed by atoms with Gasteiger partial charge in [0.2, 0.25) is 0 Å². The van der Waals surface area contributed by atoms with Crippen molar-refractivity contribution in [3.05, 3.63) is 168 Å². The van der Waals surface area contributed by atoms with Crippen LogP contribution in [0.15, 0.2) is 146 Å². The van der Waals surface area contributed by atoms with Gasteiger partial charge in [-0.1, -0.05) is 123 Å². The van der Waals surface area contributed by atoms with Crippen LogP contribution in [0, 0.1) is 36.5 Å². The molecule has 0 bridgehead atoms. The Labute approximate surface area is 319 Å². The minimum Gasteiger partial charge on any atom is -0.192 e. The summed E-state index contributed by atoms with van der Waals surface area (Å²) >= 11 is 0. The number of nitriles is 2. The molecule has 0 atom stereocenters. The predicted molar refractivity (Wildman–Crippen MR) is 233 cm³/mol. The number of hydrogen-bond acceptors (Lipinski definition) is 2. The second-order valence-corrected chi connectivity index (χ2v) is 14.7. The molecule has 11 rings (SSSR count). The SMILES string of the molecule is C.Cc1cccc(C)c1-c1ccc2c3c(-c4ccc(C#N)cc4)c4c(cc5c6ccccc6c6cccc4c65)c(-c4ccc(C#N)cc4)c3c3cccc1c32. The molecule has 0 aliphatic carbocycles. The first-order valence-corrected chi connectivity index (χ1v) is 18.4. The molecular formula is C53H34N2. The monoisotopic (exact) mass is 698 g/mol. The maximum absolute atomic E-state index is 9.83. The standard InChI is InChI=1S/C52H30N2.CH4/c1-29-8-5-9-30(2)45(29)39-24-25-42-48-38(39)13-7-15-41(48)51-46(33-20-16-31(27-53)17-21-33)44-26-43-36-11-4-3-10-35(36)37-12-6-14-40(49(37)43)50(44)47(52(42)51)34-22-18-32(28-54)19-23-34;/h3-26H,1-2H3;1H4. The van der Waals surface area contributed by atoms with E-state index in [-0.39, 0.29) is 7.43 Å². The Morgan fingerprint density at radius 2 is 0.818 bits per heavy atom. The predicted octanol–water partition coefficient (Wildman–Crippen LogP) is 14.6. The molecule has 0 aromatic heterocycles. The summed E-state index contributed by atoms with van der Waals surface area (Å²) in [6.07, 6.45) is 0. The molecule has 2 nitrogen and oxygen atoms in total. The van der Waals surface area contributed by atoms with Crippen LogP contribution in [0.1, 0.15) is 29.7 Å². The van der Waals surface area contributed by atoms with Gasteiger partial charge in [-0.3, -0.25) is 0 Å². The minimum absolute atomic E-state index is 0. The molecule has 2 heteroatoms. The van der Waals surface area contributed by atoms with Crippen molar-refractivity contribution >= 4 is 75.4 Å². The fourth-order valence-electron chi connectivity index (χ4n) is 9.68. The van der Waals surface area contributed by atoms with Crippen molar-refractivity contribution < 1.29 is 0 Å². The quantitative estimate of drug-likeness (QED) is 0.172. The summed E-state index contributed by atoms with van der Waals surface area (Å²) < 4.78 is 0. The summed E-state index contributed by atoms with van der Waals surface area (Å²) in [6, 6.07) is 56.9. The first kappa shape index (κ1) is 32.4. The van der Waals surface area contributed by atoms with E-state index in [1.165, 1.54) is 109 Å². The van der Waals surface area contributed by atoms with E-state index >= 15 is 0 Å². The van der Waals surface area contributed by atoms with Gasteiger partial charge in [0.05, 0.1) is 23.3 Å². The van der Waals surface area contributed by atoms with Gasteiger partial charge in [0, 0.05) is 0 Å². The van der Waals surface area contributed by atoms with Crippen LogP contribution in [0.2, 0.25) is 0 Å². The molecule has 0 fully saturated rings. The van der Waals surface area contributed by atoms with Crippen molar-refractivity contribution in [2.75, 3.05) is 0 Å².